The molecule has 0 heterocycles. The van der Waals surface area contributed by atoms with Crippen molar-refractivity contribution in [3.63, 3.8) is 0 Å². The van der Waals surface area contributed by atoms with Crippen LogP contribution in [-0.4, -0.2) is 24.7 Å². The summed E-state index contributed by atoms with van der Waals surface area (Å²) >= 11 is 5.58. The average Bonchev–Trinajstić information content (AvgIpc) is 2.47. The van der Waals surface area contributed by atoms with E-state index in [-0.39, 0.29) is 0 Å². The molecule has 1 fully saturated rings. The minimum atomic E-state index is 0.370. The van der Waals surface area contributed by atoms with Gasteiger partial charge in [-0.05, 0) is 59.6 Å². The fourth-order valence-corrected chi connectivity index (χ4v) is 4.44. The number of hydrogen-bond acceptors (Lipinski definition) is 3. The summed E-state index contributed by atoms with van der Waals surface area (Å²) in [4.78, 5) is 0. The highest BCUT2D eigenvalue weighted by Crippen LogP contribution is 2.31. The lowest BCUT2D eigenvalue weighted by molar-refractivity contribution is 0.356. The molecule has 0 amide bonds. The van der Waals surface area contributed by atoms with Gasteiger partial charge >= 0.3 is 0 Å². The molecular weight excluding hydrogens is 334 g/mol. The van der Waals surface area contributed by atoms with Crippen molar-refractivity contribution in [1.82, 2.24) is 5.32 Å². The molecular formula is C16H24BrNOS. The maximum Gasteiger partial charge on any atom is 0.133 e. The van der Waals surface area contributed by atoms with Crippen LogP contribution in [0.1, 0.15) is 44.2 Å². The molecule has 1 saturated carbocycles. The Kier molecular flexibility index (Phi) is 6.24. The second kappa shape index (κ2) is 7.71. The van der Waals surface area contributed by atoms with Crippen molar-refractivity contribution in [3.05, 3.63) is 28.2 Å². The minimum absolute atomic E-state index is 0.370. The SMILES string of the molecule is COc1ccc(C(C)NC2CCCCC2SC)cc1Br. The lowest BCUT2D eigenvalue weighted by Crippen LogP contribution is -2.41. The lowest BCUT2D eigenvalue weighted by Gasteiger charge is -2.33. The molecule has 2 nitrogen and oxygen atoms in total. The zero-order valence-electron chi connectivity index (χ0n) is 12.5. The number of methoxy groups -OCH3 is 1. The largest absolute Gasteiger partial charge is 0.496 e. The number of halogens is 1. The van der Waals surface area contributed by atoms with Gasteiger partial charge in [-0.2, -0.15) is 11.8 Å². The van der Waals surface area contributed by atoms with Crippen LogP contribution < -0.4 is 10.1 Å². The lowest BCUT2D eigenvalue weighted by atomic mass is 9.93. The Labute approximate surface area is 135 Å². The first-order chi connectivity index (χ1) is 9.65. The van der Waals surface area contributed by atoms with Crippen LogP contribution in [0.2, 0.25) is 0 Å². The molecule has 0 aliphatic heterocycles. The molecule has 3 unspecified atom stereocenters. The van der Waals surface area contributed by atoms with Crippen LogP contribution in [0, 0.1) is 0 Å². The van der Waals surface area contributed by atoms with Crippen molar-refractivity contribution in [2.24, 2.45) is 0 Å². The molecule has 1 aromatic rings. The first-order valence-electron chi connectivity index (χ1n) is 7.28. The Balaban J connectivity index is 2.03. The normalized spacial score (nSPS) is 24.4. The summed E-state index contributed by atoms with van der Waals surface area (Å²) in [7, 11) is 1.70. The van der Waals surface area contributed by atoms with Crippen molar-refractivity contribution < 1.29 is 4.74 Å². The third-order valence-corrected chi connectivity index (χ3v) is 5.93. The summed E-state index contributed by atoms with van der Waals surface area (Å²) in [6, 6.07) is 7.35. The van der Waals surface area contributed by atoms with E-state index < -0.39 is 0 Å². The van der Waals surface area contributed by atoms with E-state index in [4.69, 9.17) is 4.74 Å². The molecule has 0 radical (unpaired) electrons. The highest BCUT2D eigenvalue weighted by atomic mass is 79.9. The Morgan fingerprint density at radius 2 is 2.10 bits per heavy atom. The molecule has 0 saturated heterocycles. The van der Waals surface area contributed by atoms with E-state index in [1.165, 1.54) is 31.2 Å². The van der Waals surface area contributed by atoms with Crippen LogP contribution in [-0.2, 0) is 0 Å². The third-order valence-electron chi connectivity index (χ3n) is 4.15. The predicted molar refractivity (Wildman–Crippen MR) is 91.8 cm³/mol. The van der Waals surface area contributed by atoms with Crippen LogP contribution >= 0.6 is 27.7 Å². The number of rotatable bonds is 5. The van der Waals surface area contributed by atoms with E-state index in [1.54, 1.807) is 7.11 Å². The highest BCUT2D eigenvalue weighted by molar-refractivity contribution is 9.10. The number of thioether (sulfide) groups is 1. The molecule has 0 bridgehead atoms. The molecule has 3 atom stereocenters. The van der Waals surface area contributed by atoms with Gasteiger partial charge in [0.05, 0.1) is 11.6 Å². The molecule has 112 valence electrons. The quantitative estimate of drug-likeness (QED) is 0.818. The van der Waals surface area contributed by atoms with Gasteiger partial charge in [-0.1, -0.05) is 18.9 Å². The van der Waals surface area contributed by atoms with Crippen LogP contribution in [0.4, 0.5) is 0 Å². The zero-order valence-corrected chi connectivity index (χ0v) is 14.9. The van der Waals surface area contributed by atoms with Gasteiger partial charge in [0.25, 0.3) is 0 Å². The molecule has 20 heavy (non-hydrogen) atoms. The molecule has 1 aromatic carbocycles. The van der Waals surface area contributed by atoms with E-state index in [0.29, 0.717) is 12.1 Å². The monoisotopic (exact) mass is 357 g/mol. The van der Waals surface area contributed by atoms with Crippen LogP contribution in [0.15, 0.2) is 22.7 Å². The summed E-state index contributed by atoms with van der Waals surface area (Å²) < 4.78 is 6.32. The molecule has 0 aromatic heterocycles. The van der Waals surface area contributed by atoms with Crippen molar-refractivity contribution in [3.8, 4) is 5.75 Å². The minimum Gasteiger partial charge on any atom is -0.496 e. The standard InChI is InChI=1S/C16H24BrNOS/c1-11(12-8-9-15(19-2)13(17)10-12)18-14-6-4-5-7-16(14)20-3/h8-11,14,16,18H,4-7H2,1-3H3. The Morgan fingerprint density at radius 3 is 2.75 bits per heavy atom. The van der Waals surface area contributed by atoms with Crippen LogP contribution in [0.25, 0.3) is 0 Å². The van der Waals surface area contributed by atoms with E-state index in [2.05, 4.69) is 46.6 Å². The molecule has 0 spiro atoms. The Bertz CT molecular complexity index is 440. The Hall–Kier alpha value is -0.190. The summed E-state index contributed by atoms with van der Waals surface area (Å²) in [6.45, 7) is 2.25. The van der Waals surface area contributed by atoms with Gasteiger partial charge in [-0.3, -0.25) is 0 Å². The molecule has 2 rings (SSSR count). The molecule has 1 aliphatic rings. The molecule has 4 heteroatoms. The van der Waals surface area contributed by atoms with Gasteiger partial charge in [-0.15, -0.1) is 0 Å². The predicted octanol–water partition coefficient (Wildman–Crippen LogP) is 4.78. The third kappa shape index (κ3) is 3.92. The van der Waals surface area contributed by atoms with Gasteiger partial charge in [0.15, 0.2) is 0 Å². The summed E-state index contributed by atoms with van der Waals surface area (Å²) in [6.07, 6.45) is 7.62. The van der Waals surface area contributed by atoms with Crippen LogP contribution in [0.3, 0.4) is 0 Å². The Morgan fingerprint density at radius 1 is 1.35 bits per heavy atom. The second-order valence-electron chi connectivity index (χ2n) is 5.45. The van der Waals surface area contributed by atoms with Crippen molar-refractivity contribution in [2.75, 3.05) is 13.4 Å². The maximum absolute atomic E-state index is 5.29. The van der Waals surface area contributed by atoms with Gasteiger partial charge in [-0.25, -0.2) is 0 Å². The fourth-order valence-electron chi connectivity index (χ4n) is 2.94. The number of ether oxygens (including phenoxy) is 1. The smallest absolute Gasteiger partial charge is 0.133 e. The van der Waals surface area contributed by atoms with Crippen molar-refractivity contribution in [1.29, 1.82) is 0 Å². The summed E-state index contributed by atoms with van der Waals surface area (Å²) in [5.74, 6) is 0.889. The number of benzene rings is 1. The average molecular weight is 358 g/mol. The van der Waals surface area contributed by atoms with E-state index in [9.17, 15) is 0 Å². The number of hydrogen-bond donors (Lipinski definition) is 1. The fraction of sp³-hybridized carbons (Fsp3) is 0.625. The van der Waals surface area contributed by atoms with Gasteiger partial charge < -0.3 is 10.1 Å². The van der Waals surface area contributed by atoms with E-state index in [0.717, 1.165) is 15.5 Å². The van der Waals surface area contributed by atoms with Crippen molar-refractivity contribution in [2.45, 2.75) is 49.9 Å². The van der Waals surface area contributed by atoms with Crippen molar-refractivity contribution >= 4 is 27.7 Å². The second-order valence-corrected chi connectivity index (χ2v) is 7.38. The van der Waals surface area contributed by atoms with E-state index in [1.807, 2.05) is 17.8 Å². The topological polar surface area (TPSA) is 21.3 Å². The summed E-state index contributed by atoms with van der Waals surface area (Å²) in [5.41, 5.74) is 1.31. The van der Waals surface area contributed by atoms with Gasteiger partial charge in [0.2, 0.25) is 0 Å². The molecule has 1 N–H and O–H groups in total. The van der Waals surface area contributed by atoms with Crippen LogP contribution in [0.5, 0.6) is 5.75 Å². The highest BCUT2D eigenvalue weighted by Gasteiger charge is 2.25. The van der Waals surface area contributed by atoms with Gasteiger partial charge in [0.1, 0.15) is 5.75 Å². The number of nitrogens with one attached hydrogen (secondary N) is 1. The van der Waals surface area contributed by atoms with E-state index >= 15 is 0 Å². The first-order valence-corrected chi connectivity index (χ1v) is 9.36. The van der Waals surface area contributed by atoms with Gasteiger partial charge in [0, 0.05) is 17.3 Å². The first kappa shape index (κ1) is 16.2. The maximum atomic E-state index is 5.29. The summed E-state index contributed by atoms with van der Waals surface area (Å²) in [5, 5.41) is 4.58. The zero-order chi connectivity index (χ0) is 14.5. The molecule has 1 aliphatic carbocycles.